The van der Waals surface area contributed by atoms with Crippen molar-refractivity contribution in [3.05, 3.63) is 40.6 Å². The molecular formula is C17H20N2O3S3. The third-order valence-corrected chi connectivity index (χ3v) is 7.39. The van der Waals surface area contributed by atoms with Gasteiger partial charge in [-0.05, 0) is 35.6 Å². The molecule has 2 heterocycles. The number of carbonyl (C=O) groups is 1. The zero-order valence-corrected chi connectivity index (χ0v) is 16.4. The Balaban J connectivity index is 1.91. The Kier molecular flexibility index (Phi) is 5.52. The van der Waals surface area contributed by atoms with Crippen LogP contribution in [0.1, 0.15) is 31.2 Å². The second-order valence-electron chi connectivity index (χ2n) is 6.16. The van der Waals surface area contributed by atoms with Crippen LogP contribution in [0.15, 0.2) is 45.5 Å². The summed E-state index contributed by atoms with van der Waals surface area (Å²) in [7, 11) is -3.70. The quantitative estimate of drug-likeness (QED) is 0.805. The molecule has 1 atom stereocenters. The molecule has 0 fully saturated rings. The van der Waals surface area contributed by atoms with E-state index in [2.05, 4.69) is 10.0 Å². The van der Waals surface area contributed by atoms with E-state index in [1.165, 1.54) is 11.3 Å². The van der Waals surface area contributed by atoms with Gasteiger partial charge in [-0.3, -0.25) is 4.79 Å². The van der Waals surface area contributed by atoms with E-state index in [-0.39, 0.29) is 22.8 Å². The maximum absolute atomic E-state index is 12.9. The highest BCUT2D eigenvalue weighted by Gasteiger charge is 2.26. The average Bonchev–Trinajstić information content (AvgIpc) is 3.01. The van der Waals surface area contributed by atoms with Gasteiger partial charge in [-0.25, -0.2) is 13.1 Å². The number of rotatable bonds is 5. The van der Waals surface area contributed by atoms with Crippen LogP contribution in [0.3, 0.4) is 0 Å². The van der Waals surface area contributed by atoms with Gasteiger partial charge >= 0.3 is 0 Å². The van der Waals surface area contributed by atoms with Crippen molar-refractivity contribution in [2.24, 2.45) is 5.92 Å². The molecule has 0 unspecified atom stereocenters. The van der Waals surface area contributed by atoms with Crippen LogP contribution < -0.4 is 10.0 Å². The van der Waals surface area contributed by atoms with Crippen LogP contribution in [0.5, 0.6) is 0 Å². The van der Waals surface area contributed by atoms with Crippen molar-refractivity contribution in [2.75, 3.05) is 11.1 Å². The molecule has 0 spiro atoms. The van der Waals surface area contributed by atoms with Gasteiger partial charge in [0.25, 0.3) is 0 Å². The number of thiophene rings is 1. The molecule has 2 aromatic rings. The van der Waals surface area contributed by atoms with E-state index in [4.69, 9.17) is 0 Å². The lowest BCUT2D eigenvalue weighted by Crippen LogP contribution is -2.31. The van der Waals surface area contributed by atoms with E-state index in [9.17, 15) is 13.2 Å². The van der Waals surface area contributed by atoms with Gasteiger partial charge < -0.3 is 5.32 Å². The number of hydrogen-bond donors (Lipinski definition) is 2. The molecule has 0 saturated carbocycles. The Morgan fingerprint density at radius 1 is 1.24 bits per heavy atom. The summed E-state index contributed by atoms with van der Waals surface area (Å²) >= 11 is 3.09. The number of benzene rings is 1. The summed E-state index contributed by atoms with van der Waals surface area (Å²) in [5.41, 5.74) is 0.563. The van der Waals surface area contributed by atoms with Crippen LogP contribution in [0, 0.1) is 5.92 Å². The summed E-state index contributed by atoms with van der Waals surface area (Å²) in [6.07, 6.45) is 0.424. The SMILES string of the molecule is CC(C)[C@H](NS(=O)(=O)c1ccc2c(c1)NC(=O)CCS2)c1cccs1. The number of hydrogen-bond acceptors (Lipinski definition) is 5. The fourth-order valence-electron chi connectivity index (χ4n) is 2.59. The molecule has 0 aliphatic carbocycles. The maximum atomic E-state index is 12.9. The summed E-state index contributed by atoms with van der Waals surface area (Å²) in [6.45, 7) is 3.97. The third-order valence-electron chi connectivity index (χ3n) is 3.92. The van der Waals surface area contributed by atoms with E-state index < -0.39 is 10.0 Å². The van der Waals surface area contributed by atoms with Crippen LogP contribution >= 0.6 is 23.1 Å². The Morgan fingerprint density at radius 2 is 2.04 bits per heavy atom. The summed E-state index contributed by atoms with van der Waals surface area (Å²) in [5, 5.41) is 4.73. The third kappa shape index (κ3) is 4.25. The molecule has 5 nitrogen and oxygen atoms in total. The molecule has 1 aromatic carbocycles. The summed E-state index contributed by atoms with van der Waals surface area (Å²) < 4.78 is 28.5. The van der Waals surface area contributed by atoms with Crippen LogP contribution in [0.4, 0.5) is 5.69 Å². The predicted molar refractivity (Wildman–Crippen MR) is 103 cm³/mol. The Morgan fingerprint density at radius 3 is 2.72 bits per heavy atom. The van der Waals surface area contributed by atoms with E-state index in [1.807, 2.05) is 31.4 Å². The van der Waals surface area contributed by atoms with Crippen molar-refractivity contribution in [1.29, 1.82) is 0 Å². The average molecular weight is 397 g/mol. The van der Waals surface area contributed by atoms with Crippen molar-refractivity contribution in [1.82, 2.24) is 4.72 Å². The molecule has 0 bridgehead atoms. The van der Waals surface area contributed by atoms with Crippen molar-refractivity contribution in [2.45, 2.75) is 36.1 Å². The van der Waals surface area contributed by atoms with Gasteiger partial charge in [0.05, 0.1) is 16.6 Å². The molecular weight excluding hydrogens is 376 g/mol. The van der Waals surface area contributed by atoms with Gasteiger partial charge in [-0.1, -0.05) is 19.9 Å². The number of fused-ring (bicyclic) bond motifs is 1. The number of sulfonamides is 1. The first-order valence-corrected chi connectivity index (χ1v) is 11.3. The molecule has 0 radical (unpaired) electrons. The van der Waals surface area contributed by atoms with Gasteiger partial charge in [0, 0.05) is 21.9 Å². The van der Waals surface area contributed by atoms with E-state index in [0.717, 1.165) is 9.77 Å². The van der Waals surface area contributed by atoms with Gasteiger partial charge in [-0.2, -0.15) is 0 Å². The molecule has 134 valence electrons. The molecule has 8 heteroatoms. The standard InChI is InChI=1S/C17H20N2O3S3/c1-11(2)17(15-4-3-8-23-15)19-25(21,22)12-5-6-14-13(10-12)18-16(20)7-9-24-14/h3-6,8,10-11,17,19H,7,9H2,1-2H3,(H,18,20)/t17-/m0/s1. The number of carbonyl (C=O) groups excluding carboxylic acids is 1. The zero-order valence-electron chi connectivity index (χ0n) is 14.0. The number of amides is 1. The van der Waals surface area contributed by atoms with Gasteiger partial charge in [0.15, 0.2) is 0 Å². The lowest BCUT2D eigenvalue weighted by molar-refractivity contribution is -0.115. The Bertz CT molecular complexity index is 861. The van der Waals surface area contributed by atoms with Gasteiger partial charge in [0.2, 0.25) is 15.9 Å². The predicted octanol–water partition coefficient (Wildman–Crippen LogP) is 3.86. The van der Waals surface area contributed by atoms with Crippen molar-refractivity contribution in [3.8, 4) is 0 Å². The summed E-state index contributed by atoms with van der Waals surface area (Å²) in [5.74, 6) is 0.716. The van der Waals surface area contributed by atoms with Crippen LogP contribution in [-0.2, 0) is 14.8 Å². The molecule has 1 amide bonds. The minimum Gasteiger partial charge on any atom is -0.325 e. The smallest absolute Gasteiger partial charge is 0.241 e. The normalized spacial score (nSPS) is 16.2. The molecule has 0 saturated heterocycles. The second-order valence-corrected chi connectivity index (χ2v) is 9.99. The molecule has 3 rings (SSSR count). The largest absolute Gasteiger partial charge is 0.325 e. The first-order chi connectivity index (χ1) is 11.9. The molecule has 2 N–H and O–H groups in total. The van der Waals surface area contributed by atoms with Crippen LogP contribution in [0.2, 0.25) is 0 Å². The first-order valence-electron chi connectivity index (χ1n) is 7.99. The minimum atomic E-state index is -3.70. The van der Waals surface area contributed by atoms with E-state index in [0.29, 0.717) is 17.9 Å². The highest BCUT2D eigenvalue weighted by atomic mass is 32.2. The molecule has 1 aliphatic rings. The zero-order chi connectivity index (χ0) is 18.0. The van der Waals surface area contributed by atoms with Gasteiger partial charge in [-0.15, -0.1) is 23.1 Å². The van der Waals surface area contributed by atoms with Gasteiger partial charge in [0.1, 0.15) is 0 Å². The van der Waals surface area contributed by atoms with Crippen molar-refractivity contribution < 1.29 is 13.2 Å². The second kappa shape index (κ2) is 7.49. The summed E-state index contributed by atoms with van der Waals surface area (Å²) in [6, 6.07) is 8.46. The number of thioether (sulfide) groups is 1. The van der Waals surface area contributed by atoms with E-state index >= 15 is 0 Å². The molecule has 1 aliphatic heterocycles. The number of anilines is 1. The monoisotopic (exact) mass is 396 g/mol. The minimum absolute atomic E-state index is 0.0904. The van der Waals surface area contributed by atoms with E-state index in [1.54, 1.807) is 30.0 Å². The Labute approximate surface area is 156 Å². The fraction of sp³-hybridized carbons (Fsp3) is 0.353. The topological polar surface area (TPSA) is 75.3 Å². The highest BCUT2D eigenvalue weighted by molar-refractivity contribution is 7.99. The molecule has 25 heavy (non-hydrogen) atoms. The lowest BCUT2D eigenvalue weighted by Gasteiger charge is -2.21. The summed E-state index contributed by atoms with van der Waals surface area (Å²) in [4.78, 5) is 13.8. The highest BCUT2D eigenvalue weighted by Crippen LogP contribution is 2.33. The lowest BCUT2D eigenvalue weighted by atomic mass is 10.0. The van der Waals surface area contributed by atoms with Crippen molar-refractivity contribution in [3.63, 3.8) is 0 Å². The van der Waals surface area contributed by atoms with Crippen LogP contribution in [-0.4, -0.2) is 20.1 Å². The van der Waals surface area contributed by atoms with Crippen molar-refractivity contribution >= 4 is 44.7 Å². The first kappa shape index (κ1) is 18.4. The fourth-order valence-corrected chi connectivity index (χ4v) is 5.94. The molecule has 1 aromatic heterocycles. The maximum Gasteiger partial charge on any atom is 0.241 e. The number of nitrogens with one attached hydrogen (secondary N) is 2. The Hall–Kier alpha value is -1.35. The van der Waals surface area contributed by atoms with Crippen LogP contribution in [0.25, 0.3) is 0 Å².